The normalized spacial score (nSPS) is 16.4. The van der Waals surface area contributed by atoms with Crippen molar-refractivity contribution in [2.45, 2.75) is 31.5 Å². The van der Waals surface area contributed by atoms with Crippen LogP contribution in [-0.2, 0) is 13.0 Å². The SMILES string of the molecule is COc1ccccc1[C@H](O)Cn1cc(C(=O)N[C@H]2CCc3ccccc32)nn1. The first-order valence-electron chi connectivity index (χ1n) is 9.25. The summed E-state index contributed by atoms with van der Waals surface area (Å²) >= 11 is 0. The highest BCUT2D eigenvalue weighted by atomic mass is 16.5. The Bertz CT molecular complexity index is 985. The lowest BCUT2D eigenvalue weighted by Gasteiger charge is -2.14. The lowest BCUT2D eigenvalue weighted by molar-refractivity contribution is 0.0931. The summed E-state index contributed by atoms with van der Waals surface area (Å²) in [5, 5.41) is 21.5. The number of aliphatic hydroxyl groups is 1. The number of aliphatic hydroxyl groups excluding tert-OH is 1. The average molecular weight is 378 g/mol. The Labute approximate surface area is 163 Å². The number of ether oxygens (including phenoxy) is 1. The van der Waals surface area contributed by atoms with E-state index in [0.29, 0.717) is 11.3 Å². The Kier molecular flexibility index (Phi) is 5.08. The van der Waals surface area contributed by atoms with E-state index in [4.69, 9.17) is 4.74 Å². The lowest BCUT2D eigenvalue weighted by atomic mass is 10.1. The molecule has 28 heavy (non-hydrogen) atoms. The Balaban J connectivity index is 1.42. The molecule has 1 heterocycles. The maximum Gasteiger partial charge on any atom is 0.273 e. The van der Waals surface area contributed by atoms with Gasteiger partial charge in [0.05, 0.1) is 25.9 Å². The van der Waals surface area contributed by atoms with Crippen LogP contribution in [0.25, 0.3) is 0 Å². The fourth-order valence-electron chi connectivity index (χ4n) is 3.65. The second-order valence-corrected chi connectivity index (χ2v) is 6.85. The molecule has 2 N–H and O–H groups in total. The fraction of sp³-hybridized carbons (Fsp3) is 0.286. The van der Waals surface area contributed by atoms with Crippen molar-refractivity contribution in [1.29, 1.82) is 0 Å². The average Bonchev–Trinajstić information content (AvgIpc) is 3.35. The van der Waals surface area contributed by atoms with Gasteiger partial charge in [-0.1, -0.05) is 47.7 Å². The molecule has 0 fully saturated rings. The van der Waals surface area contributed by atoms with Crippen LogP contribution in [0.2, 0.25) is 0 Å². The maximum atomic E-state index is 12.6. The summed E-state index contributed by atoms with van der Waals surface area (Å²) in [6.45, 7) is 0.174. The van der Waals surface area contributed by atoms with Crippen LogP contribution in [0.4, 0.5) is 0 Å². The van der Waals surface area contributed by atoms with Crippen molar-refractivity contribution >= 4 is 5.91 Å². The molecule has 1 amide bonds. The minimum Gasteiger partial charge on any atom is -0.496 e. The summed E-state index contributed by atoms with van der Waals surface area (Å²) < 4.78 is 6.75. The number of benzene rings is 2. The predicted octanol–water partition coefficient (Wildman–Crippen LogP) is 2.44. The molecule has 4 rings (SSSR count). The van der Waals surface area contributed by atoms with Gasteiger partial charge in [-0.25, -0.2) is 4.68 Å². The Morgan fingerprint density at radius 2 is 2.07 bits per heavy atom. The maximum absolute atomic E-state index is 12.6. The summed E-state index contributed by atoms with van der Waals surface area (Å²) in [4.78, 5) is 12.6. The summed E-state index contributed by atoms with van der Waals surface area (Å²) in [7, 11) is 1.56. The van der Waals surface area contributed by atoms with Crippen molar-refractivity contribution in [1.82, 2.24) is 20.3 Å². The van der Waals surface area contributed by atoms with Gasteiger partial charge in [-0.2, -0.15) is 0 Å². The first-order chi connectivity index (χ1) is 13.7. The smallest absolute Gasteiger partial charge is 0.273 e. The molecule has 3 aromatic rings. The Hall–Kier alpha value is -3.19. The molecule has 0 bridgehead atoms. The standard InChI is InChI=1S/C21H22N4O3/c1-28-20-9-5-4-8-16(20)19(26)13-25-12-18(23-24-25)21(27)22-17-11-10-14-6-2-3-7-15(14)17/h2-9,12,17,19,26H,10-11,13H2,1H3,(H,22,27)/t17-,19+/m0/s1. The lowest BCUT2D eigenvalue weighted by Crippen LogP contribution is -2.27. The number of nitrogens with zero attached hydrogens (tertiary/aromatic N) is 3. The van der Waals surface area contributed by atoms with Gasteiger partial charge in [-0.3, -0.25) is 4.79 Å². The zero-order chi connectivity index (χ0) is 19.5. The number of nitrogens with one attached hydrogen (secondary N) is 1. The van der Waals surface area contributed by atoms with Crippen LogP contribution in [0, 0.1) is 0 Å². The van der Waals surface area contributed by atoms with Crippen molar-refractivity contribution in [3.8, 4) is 5.75 Å². The number of hydrogen-bond acceptors (Lipinski definition) is 5. The van der Waals surface area contributed by atoms with Crippen molar-refractivity contribution in [2.75, 3.05) is 7.11 Å². The number of carbonyl (C=O) groups excluding carboxylic acids is 1. The molecule has 144 valence electrons. The van der Waals surface area contributed by atoms with Gasteiger partial charge in [0.25, 0.3) is 5.91 Å². The molecular formula is C21H22N4O3. The molecule has 0 saturated heterocycles. The van der Waals surface area contributed by atoms with Gasteiger partial charge in [0.1, 0.15) is 11.9 Å². The van der Waals surface area contributed by atoms with E-state index in [0.717, 1.165) is 18.4 Å². The highest BCUT2D eigenvalue weighted by molar-refractivity contribution is 5.92. The third-order valence-electron chi connectivity index (χ3n) is 5.07. The van der Waals surface area contributed by atoms with Crippen molar-refractivity contribution < 1.29 is 14.6 Å². The molecule has 0 unspecified atom stereocenters. The number of carbonyl (C=O) groups is 1. The minimum atomic E-state index is -0.824. The highest BCUT2D eigenvalue weighted by Crippen LogP contribution is 2.31. The topological polar surface area (TPSA) is 89.3 Å². The summed E-state index contributed by atoms with van der Waals surface area (Å²) in [6.07, 6.45) is 2.56. The van der Waals surface area contributed by atoms with E-state index in [1.54, 1.807) is 25.4 Å². The molecule has 0 spiro atoms. The van der Waals surface area contributed by atoms with E-state index in [-0.39, 0.29) is 24.2 Å². The molecular weight excluding hydrogens is 356 g/mol. The first kappa shape index (κ1) is 18.2. The van der Waals surface area contributed by atoms with Gasteiger partial charge in [0, 0.05) is 5.56 Å². The third kappa shape index (κ3) is 3.61. The van der Waals surface area contributed by atoms with E-state index in [9.17, 15) is 9.90 Å². The third-order valence-corrected chi connectivity index (χ3v) is 5.07. The monoisotopic (exact) mass is 378 g/mol. The number of fused-ring (bicyclic) bond motifs is 1. The van der Waals surface area contributed by atoms with Gasteiger partial charge < -0.3 is 15.2 Å². The number of para-hydroxylation sites is 1. The van der Waals surface area contributed by atoms with E-state index in [2.05, 4.69) is 21.7 Å². The van der Waals surface area contributed by atoms with Gasteiger partial charge in [-0.15, -0.1) is 5.10 Å². The highest BCUT2D eigenvalue weighted by Gasteiger charge is 2.25. The zero-order valence-corrected chi connectivity index (χ0v) is 15.6. The zero-order valence-electron chi connectivity index (χ0n) is 15.6. The molecule has 1 aromatic heterocycles. The number of methoxy groups -OCH3 is 1. The summed E-state index contributed by atoms with van der Waals surface area (Å²) in [5.41, 5.74) is 3.33. The molecule has 2 atom stereocenters. The van der Waals surface area contributed by atoms with Gasteiger partial charge in [-0.05, 0) is 30.0 Å². The number of aryl methyl sites for hydroxylation is 1. The molecule has 7 nitrogen and oxygen atoms in total. The van der Waals surface area contributed by atoms with Crippen LogP contribution in [0.15, 0.2) is 54.7 Å². The van der Waals surface area contributed by atoms with Crippen LogP contribution < -0.4 is 10.1 Å². The number of hydrogen-bond donors (Lipinski definition) is 2. The van der Waals surface area contributed by atoms with Crippen LogP contribution in [0.5, 0.6) is 5.75 Å². The second-order valence-electron chi connectivity index (χ2n) is 6.85. The largest absolute Gasteiger partial charge is 0.496 e. The van der Waals surface area contributed by atoms with Crippen molar-refractivity contribution in [3.63, 3.8) is 0 Å². The molecule has 7 heteroatoms. The van der Waals surface area contributed by atoms with Gasteiger partial charge in [0.2, 0.25) is 0 Å². The predicted molar refractivity (Wildman–Crippen MR) is 103 cm³/mol. The molecule has 2 aromatic carbocycles. The molecule has 1 aliphatic carbocycles. The number of aromatic nitrogens is 3. The van der Waals surface area contributed by atoms with E-state index in [1.165, 1.54) is 10.2 Å². The van der Waals surface area contributed by atoms with Crippen LogP contribution >= 0.6 is 0 Å². The van der Waals surface area contributed by atoms with Crippen LogP contribution in [-0.4, -0.2) is 33.1 Å². The van der Waals surface area contributed by atoms with Gasteiger partial charge in [0.15, 0.2) is 5.69 Å². The van der Waals surface area contributed by atoms with E-state index < -0.39 is 6.10 Å². The second kappa shape index (κ2) is 7.82. The minimum absolute atomic E-state index is 0.00646. The van der Waals surface area contributed by atoms with Crippen molar-refractivity contribution in [2.24, 2.45) is 0 Å². The van der Waals surface area contributed by atoms with Crippen LogP contribution in [0.3, 0.4) is 0 Å². The molecule has 0 aliphatic heterocycles. The first-order valence-corrected chi connectivity index (χ1v) is 9.25. The van der Waals surface area contributed by atoms with Crippen molar-refractivity contribution in [3.05, 3.63) is 77.1 Å². The van der Waals surface area contributed by atoms with Crippen LogP contribution in [0.1, 0.15) is 45.7 Å². The number of rotatable bonds is 6. The number of amides is 1. The fourth-order valence-corrected chi connectivity index (χ4v) is 3.65. The molecule has 1 aliphatic rings. The molecule has 0 radical (unpaired) electrons. The quantitative estimate of drug-likeness (QED) is 0.688. The van der Waals surface area contributed by atoms with E-state index in [1.807, 2.05) is 30.3 Å². The summed E-state index contributed by atoms with van der Waals surface area (Å²) in [6, 6.07) is 15.4. The Morgan fingerprint density at radius 3 is 2.93 bits per heavy atom. The van der Waals surface area contributed by atoms with Gasteiger partial charge >= 0.3 is 0 Å². The summed E-state index contributed by atoms with van der Waals surface area (Å²) in [5.74, 6) is 0.340. The Morgan fingerprint density at radius 1 is 1.29 bits per heavy atom. The van der Waals surface area contributed by atoms with E-state index >= 15 is 0 Å². The molecule has 0 saturated carbocycles.